The van der Waals surface area contributed by atoms with Crippen LogP contribution in [0.5, 0.6) is 0 Å². The summed E-state index contributed by atoms with van der Waals surface area (Å²) in [4.78, 5) is 2.47. The average Bonchev–Trinajstić information content (AvgIpc) is 3.15. The smallest absolute Gasteiger partial charge is 0.0594 e. The molecule has 1 heterocycles. The molecule has 2 aliphatic rings. The quantitative estimate of drug-likeness (QED) is 0.771. The van der Waals surface area contributed by atoms with Crippen molar-refractivity contribution in [2.24, 2.45) is 0 Å². The molecule has 1 aromatic carbocycles. The minimum Gasteiger partial charge on any atom is -0.379 e. The normalized spacial score (nSPS) is 22.2. The van der Waals surface area contributed by atoms with Gasteiger partial charge >= 0.3 is 0 Å². The molecule has 2 heteroatoms. The second-order valence-corrected chi connectivity index (χ2v) is 4.90. The van der Waals surface area contributed by atoms with Crippen LogP contribution < -0.4 is 0 Å². The van der Waals surface area contributed by atoms with Crippen LogP contribution in [0.25, 0.3) is 0 Å². The summed E-state index contributed by atoms with van der Waals surface area (Å²) < 4.78 is 5.35. The zero-order valence-corrected chi connectivity index (χ0v) is 9.69. The highest BCUT2D eigenvalue weighted by atomic mass is 16.5. The van der Waals surface area contributed by atoms with Gasteiger partial charge in [0.2, 0.25) is 0 Å². The van der Waals surface area contributed by atoms with Gasteiger partial charge in [0, 0.05) is 19.6 Å². The van der Waals surface area contributed by atoms with Gasteiger partial charge in [-0.3, -0.25) is 4.90 Å². The molecule has 0 bridgehead atoms. The van der Waals surface area contributed by atoms with Crippen LogP contribution in [0.4, 0.5) is 0 Å². The first-order valence-electron chi connectivity index (χ1n) is 6.31. The Bertz CT molecular complexity index is 336. The van der Waals surface area contributed by atoms with E-state index < -0.39 is 0 Å². The summed E-state index contributed by atoms with van der Waals surface area (Å²) in [6.45, 7) is 5.00. The number of hydrogen-bond donors (Lipinski definition) is 0. The van der Waals surface area contributed by atoms with E-state index in [1.54, 1.807) is 0 Å². The molecule has 0 unspecified atom stereocenters. The minimum atomic E-state index is 0.873. The SMILES string of the molecule is c1cc(C2CC2)ccc1CN1CCOCC1. The Morgan fingerprint density at radius 2 is 1.75 bits per heavy atom. The fraction of sp³-hybridized carbons (Fsp3) is 0.571. The Kier molecular flexibility index (Phi) is 2.94. The molecule has 0 N–H and O–H groups in total. The van der Waals surface area contributed by atoms with Crippen molar-refractivity contribution in [3.05, 3.63) is 35.4 Å². The zero-order chi connectivity index (χ0) is 10.8. The molecule has 3 rings (SSSR count). The van der Waals surface area contributed by atoms with Gasteiger partial charge in [0.15, 0.2) is 0 Å². The zero-order valence-electron chi connectivity index (χ0n) is 9.69. The third-order valence-corrected chi connectivity index (χ3v) is 3.54. The van der Waals surface area contributed by atoms with Crippen LogP contribution >= 0.6 is 0 Å². The lowest BCUT2D eigenvalue weighted by Gasteiger charge is -2.26. The molecule has 0 radical (unpaired) electrons. The van der Waals surface area contributed by atoms with E-state index >= 15 is 0 Å². The van der Waals surface area contributed by atoms with E-state index in [1.165, 1.54) is 24.0 Å². The summed E-state index contributed by atoms with van der Waals surface area (Å²) in [7, 11) is 0. The lowest BCUT2D eigenvalue weighted by Crippen LogP contribution is -2.35. The van der Waals surface area contributed by atoms with Crippen LogP contribution in [0, 0.1) is 0 Å². The summed E-state index contributed by atoms with van der Waals surface area (Å²) in [6.07, 6.45) is 2.78. The summed E-state index contributed by atoms with van der Waals surface area (Å²) in [5, 5.41) is 0. The van der Waals surface area contributed by atoms with Crippen molar-refractivity contribution >= 4 is 0 Å². The van der Waals surface area contributed by atoms with Gasteiger partial charge in [-0.25, -0.2) is 0 Å². The Balaban J connectivity index is 1.60. The van der Waals surface area contributed by atoms with E-state index in [1.807, 2.05) is 0 Å². The molecule has 1 saturated heterocycles. The maximum Gasteiger partial charge on any atom is 0.0594 e. The fourth-order valence-corrected chi connectivity index (χ4v) is 2.33. The predicted octanol–water partition coefficient (Wildman–Crippen LogP) is 2.40. The number of benzene rings is 1. The topological polar surface area (TPSA) is 12.5 Å². The predicted molar refractivity (Wildman–Crippen MR) is 64.5 cm³/mol. The van der Waals surface area contributed by atoms with E-state index in [4.69, 9.17) is 4.74 Å². The van der Waals surface area contributed by atoms with Gasteiger partial charge in [0.05, 0.1) is 13.2 Å². The number of rotatable bonds is 3. The van der Waals surface area contributed by atoms with Gasteiger partial charge in [-0.1, -0.05) is 24.3 Å². The van der Waals surface area contributed by atoms with E-state index in [0.717, 1.165) is 38.8 Å². The number of nitrogens with zero attached hydrogens (tertiary/aromatic N) is 1. The molecule has 1 aliphatic carbocycles. The van der Waals surface area contributed by atoms with Crippen LogP contribution in [-0.2, 0) is 11.3 Å². The van der Waals surface area contributed by atoms with E-state index in [2.05, 4.69) is 29.2 Å². The minimum absolute atomic E-state index is 0.873. The molecule has 86 valence electrons. The van der Waals surface area contributed by atoms with Crippen molar-refractivity contribution < 1.29 is 4.74 Å². The molecule has 0 aromatic heterocycles. The van der Waals surface area contributed by atoms with E-state index in [0.29, 0.717) is 0 Å². The first-order chi connectivity index (χ1) is 7.92. The summed E-state index contributed by atoms with van der Waals surface area (Å²) in [6, 6.07) is 9.22. The van der Waals surface area contributed by atoms with Crippen molar-refractivity contribution in [3.63, 3.8) is 0 Å². The van der Waals surface area contributed by atoms with Gasteiger partial charge in [0.1, 0.15) is 0 Å². The highest BCUT2D eigenvalue weighted by Crippen LogP contribution is 2.39. The fourth-order valence-electron chi connectivity index (χ4n) is 2.33. The Labute approximate surface area is 97.2 Å². The van der Waals surface area contributed by atoms with Crippen LogP contribution in [0.2, 0.25) is 0 Å². The molecular formula is C14H19NO. The first kappa shape index (κ1) is 10.3. The molecule has 1 aliphatic heterocycles. The van der Waals surface area contributed by atoms with Crippen LogP contribution in [0.1, 0.15) is 29.9 Å². The molecule has 1 saturated carbocycles. The average molecular weight is 217 g/mol. The van der Waals surface area contributed by atoms with Gasteiger partial charge < -0.3 is 4.74 Å². The Hall–Kier alpha value is -0.860. The summed E-state index contributed by atoms with van der Waals surface area (Å²) in [5.41, 5.74) is 2.97. The first-order valence-corrected chi connectivity index (χ1v) is 6.31. The van der Waals surface area contributed by atoms with Gasteiger partial charge in [-0.15, -0.1) is 0 Å². The molecule has 0 amide bonds. The summed E-state index contributed by atoms with van der Waals surface area (Å²) in [5.74, 6) is 0.873. The molecule has 16 heavy (non-hydrogen) atoms. The van der Waals surface area contributed by atoms with Crippen LogP contribution in [-0.4, -0.2) is 31.2 Å². The lowest BCUT2D eigenvalue weighted by atomic mass is 10.1. The van der Waals surface area contributed by atoms with Gasteiger partial charge in [0.25, 0.3) is 0 Å². The number of morpholine rings is 1. The standard InChI is InChI=1S/C14H19NO/c1-3-13(14-5-6-14)4-2-12(1)11-15-7-9-16-10-8-15/h1-4,14H,5-11H2. The molecular weight excluding hydrogens is 198 g/mol. The van der Waals surface area contributed by atoms with Crippen LogP contribution in [0.3, 0.4) is 0 Å². The van der Waals surface area contributed by atoms with Gasteiger partial charge in [-0.05, 0) is 29.9 Å². The van der Waals surface area contributed by atoms with Crippen molar-refractivity contribution in [1.29, 1.82) is 0 Å². The third kappa shape index (κ3) is 2.45. The molecule has 0 spiro atoms. The molecule has 2 nitrogen and oxygen atoms in total. The maximum absolute atomic E-state index is 5.35. The Morgan fingerprint density at radius 1 is 1.06 bits per heavy atom. The molecule has 2 fully saturated rings. The van der Waals surface area contributed by atoms with Gasteiger partial charge in [-0.2, -0.15) is 0 Å². The van der Waals surface area contributed by atoms with Crippen molar-refractivity contribution in [2.75, 3.05) is 26.3 Å². The van der Waals surface area contributed by atoms with Crippen LogP contribution in [0.15, 0.2) is 24.3 Å². The highest BCUT2D eigenvalue weighted by Gasteiger charge is 2.23. The monoisotopic (exact) mass is 217 g/mol. The van der Waals surface area contributed by atoms with E-state index in [-0.39, 0.29) is 0 Å². The van der Waals surface area contributed by atoms with E-state index in [9.17, 15) is 0 Å². The highest BCUT2D eigenvalue weighted by molar-refractivity contribution is 5.28. The molecule has 1 aromatic rings. The third-order valence-electron chi connectivity index (χ3n) is 3.54. The number of hydrogen-bond acceptors (Lipinski definition) is 2. The summed E-state index contributed by atoms with van der Waals surface area (Å²) >= 11 is 0. The van der Waals surface area contributed by atoms with Crippen molar-refractivity contribution in [1.82, 2.24) is 4.90 Å². The molecule has 0 atom stereocenters. The van der Waals surface area contributed by atoms with Crippen molar-refractivity contribution in [3.8, 4) is 0 Å². The second-order valence-electron chi connectivity index (χ2n) is 4.90. The lowest BCUT2D eigenvalue weighted by molar-refractivity contribution is 0.0342. The second kappa shape index (κ2) is 4.56. The Morgan fingerprint density at radius 3 is 2.38 bits per heavy atom. The number of ether oxygens (including phenoxy) is 1. The maximum atomic E-state index is 5.35. The van der Waals surface area contributed by atoms with Crippen molar-refractivity contribution in [2.45, 2.75) is 25.3 Å². The largest absolute Gasteiger partial charge is 0.379 e.